The first kappa shape index (κ1) is 20.7. The molecule has 1 aliphatic rings. The summed E-state index contributed by atoms with van der Waals surface area (Å²) < 4.78 is 0. The van der Waals surface area contributed by atoms with Crippen molar-refractivity contribution in [2.24, 2.45) is 0 Å². The Bertz CT molecular complexity index is 301. The molecule has 116 valence electrons. The topological polar surface area (TPSA) is 115 Å². The van der Waals surface area contributed by atoms with Crippen molar-refractivity contribution in [3.8, 4) is 0 Å². The van der Waals surface area contributed by atoms with Gasteiger partial charge in [-0.3, -0.25) is 0 Å². The van der Waals surface area contributed by atoms with Gasteiger partial charge in [-0.25, -0.2) is 9.59 Å². The van der Waals surface area contributed by atoms with Gasteiger partial charge >= 0.3 is 11.9 Å². The summed E-state index contributed by atoms with van der Waals surface area (Å²) in [4.78, 5) is 19.2. The van der Waals surface area contributed by atoms with Gasteiger partial charge < -0.3 is 20.4 Å². The first-order chi connectivity index (χ1) is 8.99. The van der Waals surface area contributed by atoms with Crippen LogP contribution in [0.5, 0.6) is 0 Å². The molecule has 0 amide bonds. The summed E-state index contributed by atoms with van der Waals surface area (Å²) in [7, 11) is 0. The molecule has 6 heteroatoms. The van der Waals surface area contributed by atoms with Crippen LogP contribution in [0.25, 0.3) is 0 Å². The summed E-state index contributed by atoms with van der Waals surface area (Å²) in [5.74, 6) is -3.19. The van der Waals surface area contributed by atoms with Gasteiger partial charge in [0.2, 0.25) is 0 Å². The molecule has 0 aromatic heterocycles. The Hall–Kier alpha value is -1.66. The highest BCUT2D eigenvalue weighted by Gasteiger charge is 2.24. The average molecular weight is 288 g/mol. The van der Waals surface area contributed by atoms with Gasteiger partial charge in [0.1, 0.15) is 0 Å². The smallest absolute Gasteiger partial charge is 0.330 e. The van der Waals surface area contributed by atoms with E-state index >= 15 is 0 Å². The van der Waals surface area contributed by atoms with Crippen molar-refractivity contribution < 1.29 is 30.0 Å². The third-order valence-electron chi connectivity index (χ3n) is 2.38. The molecule has 0 radical (unpaired) electrons. The molecule has 0 aliphatic heterocycles. The van der Waals surface area contributed by atoms with Crippen molar-refractivity contribution in [3.05, 3.63) is 24.3 Å². The van der Waals surface area contributed by atoms with Crippen LogP contribution in [0.2, 0.25) is 0 Å². The molecule has 1 fully saturated rings. The number of aliphatic carboxylic acids is 2. The van der Waals surface area contributed by atoms with Crippen LogP contribution in [-0.4, -0.2) is 38.2 Å². The first-order valence-corrected chi connectivity index (χ1v) is 6.22. The predicted molar refractivity (Wildman–Crippen MR) is 75.2 cm³/mol. The Balaban J connectivity index is 0. The minimum Gasteiger partial charge on any atom is -0.478 e. The molecular formula is C14H24O6. The van der Waals surface area contributed by atoms with E-state index in [-0.39, 0.29) is 11.1 Å². The normalized spacial score (nSPS) is 15.6. The zero-order valence-corrected chi connectivity index (χ0v) is 12.1. The van der Waals surface area contributed by atoms with Crippen LogP contribution in [0.3, 0.4) is 0 Å². The summed E-state index contributed by atoms with van der Waals surface area (Å²) in [6, 6.07) is 0. The van der Waals surface area contributed by atoms with Crippen LogP contribution in [0.1, 0.15) is 46.0 Å². The van der Waals surface area contributed by atoms with Gasteiger partial charge in [0.15, 0.2) is 5.79 Å². The fraction of sp³-hybridized carbons (Fsp3) is 0.571. The Morgan fingerprint density at radius 1 is 0.850 bits per heavy atom. The Morgan fingerprint density at radius 2 is 1.10 bits per heavy atom. The summed E-state index contributed by atoms with van der Waals surface area (Å²) in [5.41, 5.74) is 0.352. The van der Waals surface area contributed by atoms with Crippen molar-refractivity contribution in [3.63, 3.8) is 0 Å². The number of rotatable bonds is 2. The van der Waals surface area contributed by atoms with Crippen LogP contribution in [0, 0.1) is 0 Å². The van der Waals surface area contributed by atoms with Crippen LogP contribution in [0.4, 0.5) is 0 Å². The van der Waals surface area contributed by atoms with E-state index in [1.54, 1.807) is 0 Å². The third-order valence-corrected chi connectivity index (χ3v) is 2.38. The zero-order chi connectivity index (χ0) is 16.3. The van der Waals surface area contributed by atoms with E-state index in [0.29, 0.717) is 12.8 Å². The molecule has 0 spiro atoms. The molecular weight excluding hydrogens is 264 g/mol. The van der Waals surface area contributed by atoms with E-state index in [0.717, 1.165) is 19.3 Å². The first-order valence-electron chi connectivity index (χ1n) is 6.22. The molecule has 6 nitrogen and oxygen atoms in total. The predicted octanol–water partition coefficient (Wildman–Crippen LogP) is 1.93. The largest absolute Gasteiger partial charge is 0.478 e. The van der Waals surface area contributed by atoms with Crippen LogP contribution in [-0.2, 0) is 9.59 Å². The number of carbonyl (C=O) groups is 2. The third kappa shape index (κ3) is 14.4. The summed E-state index contributed by atoms with van der Waals surface area (Å²) in [6.45, 7) is 9.20. The lowest BCUT2D eigenvalue weighted by Crippen LogP contribution is -2.30. The SMILES string of the molecule is C=C(C)C(=O)O.C=C(C)C(=O)O.OC1(O)CCCCC1. The molecule has 1 aliphatic carbocycles. The molecule has 0 saturated heterocycles. The van der Waals surface area contributed by atoms with Crippen molar-refractivity contribution in [2.75, 3.05) is 0 Å². The van der Waals surface area contributed by atoms with Gasteiger partial charge in [-0.2, -0.15) is 0 Å². The minimum atomic E-state index is -1.32. The molecule has 20 heavy (non-hydrogen) atoms. The fourth-order valence-corrected chi connectivity index (χ4v) is 1.12. The average Bonchev–Trinajstić information content (AvgIpc) is 2.29. The lowest BCUT2D eigenvalue weighted by atomic mass is 9.95. The minimum absolute atomic E-state index is 0.176. The van der Waals surface area contributed by atoms with E-state index < -0.39 is 17.7 Å². The van der Waals surface area contributed by atoms with Crippen LogP contribution in [0.15, 0.2) is 24.3 Å². The van der Waals surface area contributed by atoms with Gasteiger partial charge in [-0.1, -0.05) is 19.6 Å². The van der Waals surface area contributed by atoms with Gasteiger partial charge in [-0.05, 0) is 26.7 Å². The standard InChI is InChI=1S/C6H12O2.2C4H6O2/c7-6(8)4-2-1-3-5-6;2*1-3(2)4(5)6/h7-8H,1-5H2;2*1H2,2H3,(H,5,6). The molecule has 1 rings (SSSR count). The van der Waals surface area contributed by atoms with Crippen molar-refractivity contribution in [1.82, 2.24) is 0 Å². The fourth-order valence-electron chi connectivity index (χ4n) is 1.12. The van der Waals surface area contributed by atoms with Crippen molar-refractivity contribution in [1.29, 1.82) is 0 Å². The number of carboxylic acid groups (broad SMARTS) is 2. The summed E-state index contributed by atoms with van der Waals surface area (Å²) in [5, 5.41) is 33.6. The lowest BCUT2D eigenvalue weighted by molar-refractivity contribution is -0.180. The molecule has 0 aromatic carbocycles. The summed E-state index contributed by atoms with van der Waals surface area (Å²) in [6.07, 6.45) is 4.21. The highest BCUT2D eigenvalue weighted by atomic mass is 16.5. The van der Waals surface area contributed by atoms with E-state index in [4.69, 9.17) is 20.4 Å². The molecule has 0 bridgehead atoms. The van der Waals surface area contributed by atoms with Gasteiger partial charge in [0.25, 0.3) is 0 Å². The Morgan fingerprint density at radius 3 is 1.20 bits per heavy atom. The van der Waals surface area contributed by atoms with E-state index in [1.807, 2.05) is 0 Å². The number of hydrogen-bond donors (Lipinski definition) is 4. The zero-order valence-electron chi connectivity index (χ0n) is 12.1. The second kappa shape index (κ2) is 10.2. The highest BCUT2D eigenvalue weighted by Crippen LogP contribution is 2.24. The van der Waals surface area contributed by atoms with E-state index in [9.17, 15) is 9.59 Å². The second-order valence-electron chi connectivity index (χ2n) is 4.71. The van der Waals surface area contributed by atoms with Gasteiger partial charge in [0, 0.05) is 24.0 Å². The van der Waals surface area contributed by atoms with Crippen LogP contribution >= 0.6 is 0 Å². The van der Waals surface area contributed by atoms with Gasteiger partial charge in [0.05, 0.1) is 0 Å². The van der Waals surface area contributed by atoms with E-state index in [2.05, 4.69) is 13.2 Å². The lowest BCUT2D eigenvalue weighted by Gasteiger charge is -2.25. The number of aliphatic hydroxyl groups is 2. The monoisotopic (exact) mass is 288 g/mol. The number of hydrogen-bond acceptors (Lipinski definition) is 4. The van der Waals surface area contributed by atoms with Crippen LogP contribution < -0.4 is 0 Å². The number of carboxylic acids is 2. The maximum Gasteiger partial charge on any atom is 0.330 e. The molecule has 0 aromatic rings. The molecule has 0 unspecified atom stereocenters. The van der Waals surface area contributed by atoms with Gasteiger partial charge in [-0.15, -0.1) is 0 Å². The summed E-state index contributed by atoms with van der Waals surface area (Å²) >= 11 is 0. The molecule has 0 atom stereocenters. The maximum atomic E-state index is 9.60. The Kier molecular flexibility index (Phi) is 10.5. The van der Waals surface area contributed by atoms with Crippen molar-refractivity contribution in [2.45, 2.75) is 51.7 Å². The second-order valence-corrected chi connectivity index (χ2v) is 4.71. The molecule has 4 N–H and O–H groups in total. The maximum absolute atomic E-state index is 9.60. The van der Waals surface area contributed by atoms with Crippen molar-refractivity contribution >= 4 is 11.9 Å². The molecule has 1 saturated carbocycles. The highest BCUT2D eigenvalue weighted by molar-refractivity contribution is 5.85. The molecule has 0 heterocycles. The Labute approximate surface area is 119 Å². The van der Waals surface area contributed by atoms with E-state index in [1.165, 1.54) is 13.8 Å². The quantitative estimate of drug-likeness (QED) is 0.456.